The molecule has 1 aliphatic rings. The maximum Gasteiger partial charge on any atom is 0.271 e. The predicted octanol–water partition coefficient (Wildman–Crippen LogP) is 3.73. The smallest absolute Gasteiger partial charge is 0.271 e. The van der Waals surface area contributed by atoms with E-state index in [2.05, 4.69) is 19.0 Å². The fraction of sp³-hybridized carbons (Fsp3) is 0.529. The number of amides is 1. The summed E-state index contributed by atoms with van der Waals surface area (Å²) in [5.41, 5.74) is 1.62. The molecule has 1 amide bonds. The highest BCUT2D eigenvalue weighted by atomic mass is 16.5. The first-order valence-electron chi connectivity index (χ1n) is 7.99. The van der Waals surface area contributed by atoms with Gasteiger partial charge in [0.25, 0.3) is 5.91 Å². The first-order valence-corrected chi connectivity index (χ1v) is 7.99. The van der Waals surface area contributed by atoms with E-state index < -0.39 is 0 Å². The van der Waals surface area contributed by atoms with Crippen molar-refractivity contribution in [1.82, 2.24) is 14.6 Å². The number of hydrogen-bond donors (Lipinski definition) is 0. The second-order valence-electron chi connectivity index (χ2n) is 6.27. The Morgan fingerprint density at radius 2 is 2.23 bits per heavy atom. The third kappa shape index (κ3) is 2.67. The van der Waals surface area contributed by atoms with Crippen LogP contribution in [0.4, 0.5) is 0 Å². The van der Waals surface area contributed by atoms with Crippen molar-refractivity contribution >= 4 is 5.91 Å². The van der Waals surface area contributed by atoms with Gasteiger partial charge >= 0.3 is 0 Å². The van der Waals surface area contributed by atoms with Crippen molar-refractivity contribution in [2.75, 3.05) is 6.54 Å². The number of hydrogen-bond acceptors (Lipinski definition) is 3. The van der Waals surface area contributed by atoms with Crippen LogP contribution in [0.25, 0.3) is 0 Å². The van der Waals surface area contributed by atoms with E-state index in [0.29, 0.717) is 0 Å². The van der Waals surface area contributed by atoms with E-state index in [-0.39, 0.29) is 18.0 Å². The van der Waals surface area contributed by atoms with Crippen LogP contribution in [0.5, 0.6) is 0 Å². The van der Waals surface area contributed by atoms with E-state index in [9.17, 15) is 4.79 Å². The van der Waals surface area contributed by atoms with Gasteiger partial charge < -0.3 is 14.0 Å². The van der Waals surface area contributed by atoms with Gasteiger partial charge in [0.05, 0.1) is 6.04 Å². The molecule has 1 unspecified atom stereocenters. The van der Waals surface area contributed by atoms with Gasteiger partial charge in [-0.1, -0.05) is 5.16 Å². The summed E-state index contributed by atoms with van der Waals surface area (Å²) in [7, 11) is 0. The first kappa shape index (κ1) is 14.9. The molecule has 0 saturated carbocycles. The minimum atomic E-state index is 0.0224. The van der Waals surface area contributed by atoms with Crippen molar-refractivity contribution in [2.24, 2.45) is 0 Å². The Morgan fingerprint density at radius 1 is 1.41 bits per heavy atom. The lowest BCUT2D eigenvalue weighted by Gasteiger charge is -2.34. The van der Waals surface area contributed by atoms with Crippen LogP contribution in [-0.2, 0) is 0 Å². The van der Waals surface area contributed by atoms with Crippen LogP contribution in [-0.4, -0.2) is 27.1 Å². The van der Waals surface area contributed by atoms with Gasteiger partial charge in [0.15, 0.2) is 0 Å². The van der Waals surface area contributed by atoms with Gasteiger partial charge in [-0.3, -0.25) is 4.79 Å². The van der Waals surface area contributed by atoms with Crippen LogP contribution in [0.15, 0.2) is 28.9 Å². The molecular formula is C17H23N3O2. The van der Waals surface area contributed by atoms with E-state index >= 15 is 0 Å². The quantitative estimate of drug-likeness (QED) is 0.868. The zero-order valence-electron chi connectivity index (χ0n) is 13.5. The highest BCUT2D eigenvalue weighted by Crippen LogP contribution is 2.32. The van der Waals surface area contributed by atoms with Crippen LogP contribution in [0.2, 0.25) is 0 Å². The molecule has 0 aliphatic carbocycles. The van der Waals surface area contributed by atoms with E-state index in [4.69, 9.17) is 4.52 Å². The standard InChI is InChI=1S/C17H23N3O2/c1-12(2)19-10-6-8-16(19)17(21)20-9-5-4-7-15(20)14-11-13(3)22-18-14/h6,8,10-12,15H,4-5,7,9H2,1-3H3. The fourth-order valence-corrected chi connectivity index (χ4v) is 3.20. The van der Waals surface area contributed by atoms with E-state index in [1.54, 1.807) is 0 Å². The normalized spacial score (nSPS) is 18.9. The summed E-state index contributed by atoms with van der Waals surface area (Å²) in [6.45, 7) is 6.84. The Kier molecular flexibility index (Phi) is 4.05. The van der Waals surface area contributed by atoms with Gasteiger partial charge in [0, 0.05) is 24.8 Å². The molecule has 1 saturated heterocycles. The van der Waals surface area contributed by atoms with Crippen molar-refractivity contribution in [3.8, 4) is 0 Å². The third-order valence-electron chi connectivity index (χ3n) is 4.31. The lowest BCUT2D eigenvalue weighted by molar-refractivity contribution is 0.0589. The topological polar surface area (TPSA) is 51.3 Å². The molecule has 2 aromatic heterocycles. The van der Waals surface area contributed by atoms with Gasteiger partial charge in [-0.2, -0.15) is 0 Å². The van der Waals surface area contributed by atoms with Gasteiger partial charge in [-0.25, -0.2) is 0 Å². The molecule has 0 radical (unpaired) electrons. The zero-order valence-corrected chi connectivity index (χ0v) is 13.5. The molecule has 2 aromatic rings. The SMILES string of the molecule is Cc1cc(C2CCCCN2C(=O)c2cccn2C(C)C)no1. The summed E-state index contributed by atoms with van der Waals surface area (Å²) in [6, 6.07) is 6.08. The van der Waals surface area contributed by atoms with Crippen molar-refractivity contribution in [3.05, 3.63) is 41.5 Å². The highest BCUT2D eigenvalue weighted by molar-refractivity contribution is 5.93. The lowest BCUT2D eigenvalue weighted by Crippen LogP contribution is -2.39. The number of carbonyl (C=O) groups is 1. The van der Waals surface area contributed by atoms with Crippen molar-refractivity contribution in [3.63, 3.8) is 0 Å². The maximum atomic E-state index is 13.0. The summed E-state index contributed by atoms with van der Waals surface area (Å²) in [5.74, 6) is 0.877. The van der Waals surface area contributed by atoms with Crippen LogP contribution >= 0.6 is 0 Å². The van der Waals surface area contributed by atoms with Crippen molar-refractivity contribution in [1.29, 1.82) is 0 Å². The van der Waals surface area contributed by atoms with Crippen LogP contribution < -0.4 is 0 Å². The van der Waals surface area contributed by atoms with Gasteiger partial charge in [0.2, 0.25) is 0 Å². The molecule has 0 aromatic carbocycles. The number of nitrogens with zero attached hydrogens (tertiary/aromatic N) is 3. The average Bonchev–Trinajstić information content (AvgIpc) is 3.15. The Balaban J connectivity index is 1.90. The molecule has 5 heteroatoms. The largest absolute Gasteiger partial charge is 0.361 e. The van der Waals surface area contributed by atoms with Gasteiger partial charge in [0.1, 0.15) is 17.1 Å². The molecular weight excluding hydrogens is 278 g/mol. The number of aromatic nitrogens is 2. The molecule has 5 nitrogen and oxygen atoms in total. The monoisotopic (exact) mass is 301 g/mol. The Labute approximate surface area is 130 Å². The van der Waals surface area contributed by atoms with Crippen LogP contribution in [0.1, 0.15) is 67.1 Å². The minimum absolute atomic E-state index is 0.0224. The Bertz CT molecular complexity index is 656. The summed E-state index contributed by atoms with van der Waals surface area (Å²) in [4.78, 5) is 15.0. The number of piperidine rings is 1. The lowest BCUT2D eigenvalue weighted by atomic mass is 9.98. The third-order valence-corrected chi connectivity index (χ3v) is 4.31. The number of aryl methyl sites for hydroxylation is 1. The van der Waals surface area contributed by atoms with Crippen molar-refractivity contribution in [2.45, 2.75) is 52.1 Å². The van der Waals surface area contributed by atoms with Crippen LogP contribution in [0.3, 0.4) is 0 Å². The molecule has 1 atom stereocenters. The van der Waals surface area contributed by atoms with Crippen molar-refractivity contribution < 1.29 is 9.32 Å². The van der Waals surface area contributed by atoms with Crippen LogP contribution in [0, 0.1) is 6.92 Å². The number of rotatable bonds is 3. The summed E-state index contributed by atoms with van der Waals surface area (Å²) < 4.78 is 7.24. The highest BCUT2D eigenvalue weighted by Gasteiger charge is 2.32. The average molecular weight is 301 g/mol. The second kappa shape index (κ2) is 5.99. The molecule has 3 rings (SSSR count). The molecule has 0 bridgehead atoms. The minimum Gasteiger partial charge on any atom is -0.361 e. The number of likely N-dealkylation sites (tertiary alicyclic amines) is 1. The molecule has 118 valence electrons. The van der Waals surface area contributed by atoms with Gasteiger partial charge in [-0.05, 0) is 52.2 Å². The fourth-order valence-electron chi connectivity index (χ4n) is 3.20. The Hall–Kier alpha value is -2.04. The molecule has 0 spiro atoms. The molecule has 22 heavy (non-hydrogen) atoms. The second-order valence-corrected chi connectivity index (χ2v) is 6.27. The summed E-state index contributed by atoms with van der Waals surface area (Å²) in [6.07, 6.45) is 5.07. The summed E-state index contributed by atoms with van der Waals surface area (Å²) >= 11 is 0. The first-order chi connectivity index (χ1) is 10.6. The Morgan fingerprint density at radius 3 is 2.91 bits per heavy atom. The van der Waals surface area contributed by atoms with E-state index in [0.717, 1.165) is 43.0 Å². The molecule has 1 fully saturated rings. The molecule has 1 aliphatic heterocycles. The molecule has 0 N–H and O–H groups in total. The maximum absolute atomic E-state index is 13.0. The van der Waals surface area contributed by atoms with E-state index in [1.165, 1.54) is 0 Å². The van der Waals surface area contributed by atoms with E-state index in [1.807, 2.05) is 40.8 Å². The van der Waals surface area contributed by atoms with Gasteiger partial charge in [-0.15, -0.1) is 0 Å². The summed E-state index contributed by atoms with van der Waals surface area (Å²) in [5, 5.41) is 4.14. The predicted molar refractivity (Wildman–Crippen MR) is 83.7 cm³/mol. The number of carbonyl (C=O) groups excluding carboxylic acids is 1. The molecule has 3 heterocycles. The zero-order chi connectivity index (χ0) is 15.7.